The van der Waals surface area contributed by atoms with Gasteiger partial charge in [-0.25, -0.2) is 4.79 Å². The summed E-state index contributed by atoms with van der Waals surface area (Å²) in [6, 6.07) is 5.22. The Labute approximate surface area is 105 Å². The maximum atomic E-state index is 11.4. The largest absolute Gasteiger partial charge is 0.482 e. The molecular formula is C15H14O3. The average Bonchev–Trinajstić information content (AvgIpc) is 2.26. The molecule has 1 aliphatic heterocycles. The first kappa shape index (κ1) is 11.1. The maximum Gasteiger partial charge on any atom is 0.336 e. The third-order valence-corrected chi connectivity index (χ3v) is 3.12. The van der Waals surface area contributed by atoms with Crippen LogP contribution in [0.25, 0.3) is 17.0 Å². The van der Waals surface area contributed by atoms with Crippen molar-refractivity contribution in [3.8, 4) is 5.75 Å². The van der Waals surface area contributed by atoms with Crippen molar-refractivity contribution >= 4 is 17.0 Å². The van der Waals surface area contributed by atoms with Gasteiger partial charge in [0.25, 0.3) is 0 Å². The van der Waals surface area contributed by atoms with Gasteiger partial charge >= 0.3 is 5.63 Å². The molecule has 0 bridgehead atoms. The molecule has 0 N–H and O–H groups in total. The summed E-state index contributed by atoms with van der Waals surface area (Å²) in [6.07, 6.45) is 4.07. The lowest BCUT2D eigenvalue weighted by Gasteiger charge is -2.28. The van der Waals surface area contributed by atoms with Crippen LogP contribution in [0.1, 0.15) is 25.0 Å². The molecule has 0 unspecified atom stereocenters. The van der Waals surface area contributed by atoms with E-state index in [2.05, 4.69) is 0 Å². The Morgan fingerprint density at radius 3 is 2.78 bits per heavy atom. The number of aryl methyl sites for hydroxylation is 1. The molecule has 3 heteroatoms. The van der Waals surface area contributed by atoms with E-state index in [1.165, 1.54) is 6.07 Å². The van der Waals surface area contributed by atoms with E-state index >= 15 is 0 Å². The van der Waals surface area contributed by atoms with Crippen molar-refractivity contribution in [2.24, 2.45) is 0 Å². The zero-order valence-corrected chi connectivity index (χ0v) is 10.6. The minimum absolute atomic E-state index is 0.328. The van der Waals surface area contributed by atoms with Crippen LogP contribution >= 0.6 is 0 Å². The fraction of sp³-hybridized carbons (Fsp3) is 0.267. The van der Waals surface area contributed by atoms with Crippen LogP contribution in [0.2, 0.25) is 0 Å². The first-order valence-electron chi connectivity index (χ1n) is 5.92. The molecule has 0 radical (unpaired) electrons. The molecule has 92 valence electrons. The highest BCUT2D eigenvalue weighted by Gasteiger charge is 2.24. The van der Waals surface area contributed by atoms with Crippen molar-refractivity contribution in [3.63, 3.8) is 0 Å². The van der Waals surface area contributed by atoms with Gasteiger partial charge in [-0.2, -0.15) is 0 Å². The zero-order valence-electron chi connectivity index (χ0n) is 10.6. The van der Waals surface area contributed by atoms with Gasteiger partial charge in [-0.1, -0.05) is 6.08 Å². The second kappa shape index (κ2) is 3.48. The van der Waals surface area contributed by atoms with Gasteiger partial charge in [-0.05, 0) is 44.5 Å². The van der Waals surface area contributed by atoms with Gasteiger partial charge in [0.2, 0.25) is 0 Å². The van der Waals surface area contributed by atoms with E-state index in [0.717, 1.165) is 22.3 Å². The highest BCUT2D eigenvalue weighted by atomic mass is 16.5. The van der Waals surface area contributed by atoms with Gasteiger partial charge in [0.05, 0.1) is 5.39 Å². The van der Waals surface area contributed by atoms with Gasteiger partial charge in [-0.3, -0.25) is 0 Å². The molecular weight excluding hydrogens is 228 g/mol. The van der Waals surface area contributed by atoms with Gasteiger partial charge in [-0.15, -0.1) is 0 Å². The second-order valence-corrected chi connectivity index (χ2v) is 5.14. The average molecular weight is 242 g/mol. The normalized spacial score (nSPS) is 16.4. The Morgan fingerprint density at radius 1 is 1.22 bits per heavy atom. The molecule has 0 atom stereocenters. The summed E-state index contributed by atoms with van der Waals surface area (Å²) in [5.74, 6) is 0.793. The Bertz CT molecular complexity index is 720. The Balaban J connectivity index is 2.40. The topological polar surface area (TPSA) is 39.4 Å². The number of fused-ring (bicyclic) bond motifs is 3. The summed E-state index contributed by atoms with van der Waals surface area (Å²) in [5, 5.41) is 0.879. The van der Waals surface area contributed by atoms with Gasteiger partial charge in [0.15, 0.2) is 0 Å². The van der Waals surface area contributed by atoms with Crippen LogP contribution in [0.3, 0.4) is 0 Å². The number of hydrogen-bond acceptors (Lipinski definition) is 3. The minimum Gasteiger partial charge on any atom is -0.482 e. The molecule has 1 aromatic carbocycles. The van der Waals surface area contributed by atoms with Crippen molar-refractivity contribution in [2.45, 2.75) is 26.4 Å². The third-order valence-electron chi connectivity index (χ3n) is 3.12. The molecule has 3 rings (SSSR count). The SMILES string of the molecule is Cc1cc(=O)oc2ccc3c(c12)OC(C)(C)C=C3. The summed E-state index contributed by atoms with van der Waals surface area (Å²) in [7, 11) is 0. The van der Waals surface area contributed by atoms with Crippen molar-refractivity contribution in [1.29, 1.82) is 0 Å². The lowest BCUT2D eigenvalue weighted by molar-refractivity contribution is 0.161. The highest BCUT2D eigenvalue weighted by molar-refractivity contribution is 5.91. The number of ether oxygens (including phenoxy) is 1. The Kier molecular flexibility index (Phi) is 2.14. The molecule has 0 aliphatic carbocycles. The monoisotopic (exact) mass is 242 g/mol. The molecule has 0 fully saturated rings. The first-order valence-corrected chi connectivity index (χ1v) is 5.92. The standard InChI is InChI=1S/C15H14O3/c1-9-8-12(16)17-11-5-4-10-6-7-15(2,3)18-14(10)13(9)11/h4-8H,1-3H3. The van der Waals surface area contributed by atoms with Crippen LogP contribution in [0.15, 0.2) is 33.5 Å². The fourth-order valence-electron chi connectivity index (χ4n) is 2.25. The molecule has 0 spiro atoms. The van der Waals surface area contributed by atoms with Crippen LogP contribution in [0.5, 0.6) is 5.75 Å². The highest BCUT2D eigenvalue weighted by Crippen LogP contribution is 2.38. The zero-order chi connectivity index (χ0) is 12.9. The van der Waals surface area contributed by atoms with E-state index in [4.69, 9.17) is 9.15 Å². The summed E-state index contributed by atoms with van der Waals surface area (Å²) in [4.78, 5) is 11.4. The van der Waals surface area contributed by atoms with Gasteiger partial charge < -0.3 is 9.15 Å². The summed E-state index contributed by atoms with van der Waals surface area (Å²) in [6.45, 7) is 5.90. The molecule has 1 aliphatic rings. The van der Waals surface area contributed by atoms with E-state index in [1.807, 2.05) is 45.1 Å². The van der Waals surface area contributed by atoms with E-state index in [1.54, 1.807) is 0 Å². The predicted molar refractivity (Wildman–Crippen MR) is 71.0 cm³/mol. The molecule has 2 heterocycles. The van der Waals surface area contributed by atoms with Crippen LogP contribution in [-0.2, 0) is 0 Å². The maximum absolute atomic E-state index is 11.4. The van der Waals surface area contributed by atoms with Crippen LogP contribution in [0.4, 0.5) is 0 Å². The van der Waals surface area contributed by atoms with E-state index in [0.29, 0.717) is 5.58 Å². The number of rotatable bonds is 0. The van der Waals surface area contributed by atoms with E-state index in [-0.39, 0.29) is 11.2 Å². The molecule has 0 amide bonds. The van der Waals surface area contributed by atoms with Crippen LogP contribution in [-0.4, -0.2) is 5.60 Å². The van der Waals surface area contributed by atoms with Crippen molar-refractivity contribution in [3.05, 3.63) is 45.8 Å². The summed E-state index contributed by atoms with van der Waals surface area (Å²) in [5.41, 5.74) is 1.79. The third kappa shape index (κ3) is 1.63. The van der Waals surface area contributed by atoms with Crippen molar-refractivity contribution in [2.75, 3.05) is 0 Å². The van der Waals surface area contributed by atoms with Gasteiger partial charge in [0, 0.05) is 11.6 Å². The molecule has 18 heavy (non-hydrogen) atoms. The van der Waals surface area contributed by atoms with Crippen LogP contribution in [0, 0.1) is 6.92 Å². The lowest BCUT2D eigenvalue weighted by atomic mass is 9.99. The van der Waals surface area contributed by atoms with Crippen molar-refractivity contribution in [1.82, 2.24) is 0 Å². The fourth-order valence-corrected chi connectivity index (χ4v) is 2.25. The van der Waals surface area contributed by atoms with Crippen molar-refractivity contribution < 1.29 is 9.15 Å². The van der Waals surface area contributed by atoms with Gasteiger partial charge in [0.1, 0.15) is 16.9 Å². The molecule has 0 saturated heterocycles. The molecule has 0 saturated carbocycles. The second-order valence-electron chi connectivity index (χ2n) is 5.14. The Morgan fingerprint density at radius 2 is 2.00 bits per heavy atom. The smallest absolute Gasteiger partial charge is 0.336 e. The predicted octanol–water partition coefficient (Wildman–Crippen LogP) is 3.29. The summed E-state index contributed by atoms with van der Waals surface area (Å²) >= 11 is 0. The molecule has 2 aromatic rings. The summed E-state index contributed by atoms with van der Waals surface area (Å²) < 4.78 is 11.2. The van der Waals surface area contributed by atoms with E-state index < -0.39 is 0 Å². The lowest BCUT2D eigenvalue weighted by Crippen LogP contribution is -2.27. The van der Waals surface area contributed by atoms with E-state index in [9.17, 15) is 4.79 Å². The van der Waals surface area contributed by atoms with Crippen LogP contribution < -0.4 is 10.4 Å². The minimum atomic E-state index is -0.343. The Hall–Kier alpha value is -2.03. The first-order chi connectivity index (χ1) is 8.46. The number of hydrogen-bond donors (Lipinski definition) is 0. The quantitative estimate of drug-likeness (QED) is 0.665. The molecule has 3 nitrogen and oxygen atoms in total. The number of benzene rings is 1. The molecule has 1 aromatic heterocycles.